The number of rotatable bonds is 1. The number of carboxylic acids is 1. The lowest BCUT2D eigenvalue weighted by molar-refractivity contribution is -0.143. The molecule has 0 bridgehead atoms. The highest BCUT2D eigenvalue weighted by Gasteiger charge is 2.62. The lowest BCUT2D eigenvalue weighted by atomic mass is 10.0. The topological polar surface area (TPSA) is 49.8 Å². The van der Waals surface area contributed by atoms with Crippen LogP contribution in [0, 0.1) is 0 Å². The second-order valence-corrected chi connectivity index (χ2v) is 3.40. The van der Waals surface area contributed by atoms with E-state index in [2.05, 4.69) is 0 Å². The highest BCUT2D eigenvalue weighted by Crippen LogP contribution is 2.46. The monoisotopic (exact) mass is 156 g/mol. The highest BCUT2D eigenvalue weighted by atomic mass is 16.6. The summed E-state index contributed by atoms with van der Waals surface area (Å²) in [4.78, 5) is 10.7. The Labute approximate surface area is 65.4 Å². The number of hydrogen-bond donors (Lipinski definition) is 1. The molecular formula is C8H12O3. The molecule has 1 aliphatic carbocycles. The number of epoxide rings is 1. The van der Waals surface area contributed by atoms with Crippen LogP contribution in [0.5, 0.6) is 0 Å². The first-order valence-electron chi connectivity index (χ1n) is 4.17. The van der Waals surface area contributed by atoms with E-state index in [1.54, 1.807) is 0 Å². The Morgan fingerprint density at radius 1 is 1.45 bits per heavy atom. The first-order valence-corrected chi connectivity index (χ1v) is 4.17. The predicted octanol–water partition coefficient (Wildman–Crippen LogP) is 1.17. The molecule has 0 amide bonds. The molecule has 1 heterocycles. The molecule has 0 radical (unpaired) electrons. The van der Waals surface area contributed by atoms with Crippen molar-refractivity contribution in [3.05, 3.63) is 0 Å². The summed E-state index contributed by atoms with van der Waals surface area (Å²) in [5, 5.41) is 8.84. The highest BCUT2D eigenvalue weighted by molar-refractivity contribution is 5.81. The van der Waals surface area contributed by atoms with Gasteiger partial charge in [-0.1, -0.05) is 12.8 Å². The van der Waals surface area contributed by atoms with Crippen molar-refractivity contribution < 1.29 is 14.6 Å². The minimum atomic E-state index is -0.760. The van der Waals surface area contributed by atoms with Crippen LogP contribution in [0.15, 0.2) is 0 Å². The van der Waals surface area contributed by atoms with Gasteiger partial charge in [0.2, 0.25) is 0 Å². The van der Waals surface area contributed by atoms with Crippen LogP contribution in [0.1, 0.15) is 32.1 Å². The van der Waals surface area contributed by atoms with Crippen molar-refractivity contribution in [1.29, 1.82) is 0 Å². The fraction of sp³-hybridized carbons (Fsp3) is 0.875. The van der Waals surface area contributed by atoms with Gasteiger partial charge in [-0.15, -0.1) is 0 Å². The molecule has 2 fully saturated rings. The lowest BCUT2D eigenvalue weighted by Crippen LogP contribution is -2.26. The average Bonchev–Trinajstić information content (AvgIpc) is 2.57. The fourth-order valence-electron chi connectivity index (χ4n) is 1.92. The zero-order valence-corrected chi connectivity index (χ0v) is 6.38. The first kappa shape index (κ1) is 7.10. The predicted molar refractivity (Wildman–Crippen MR) is 38.3 cm³/mol. The third kappa shape index (κ3) is 0.948. The van der Waals surface area contributed by atoms with Crippen molar-refractivity contribution in [2.75, 3.05) is 0 Å². The van der Waals surface area contributed by atoms with Crippen molar-refractivity contribution in [2.45, 2.75) is 43.8 Å². The third-order valence-electron chi connectivity index (χ3n) is 2.69. The molecule has 0 aromatic carbocycles. The van der Waals surface area contributed by atoms with Gasteiger partial charge >= 0.3 is 5.97 Å². The minimum Gasteiger partial charge on any atom is -0.479 e. The van der Waals surface area contributed by atoms with E-state index in [4.69, 9.17) is 9.84 Å². The molecule has 1 aliphatic heterocycles. The number of aliphatic carboxylic acids is 1. The van der Waals surface area contributed by atoms with Crippen LogP contribution in [0.2, 0.25) is 0 Å². The summed E-state index contributed by atoms with van der Waals surface area (Å²) in [5.41, 5.74) is -0.753. The zero-order valence-electron chi connectivity index (χ0n) is 6.38. The Kier molecular flexibility index (Phi) is 1.42. The van der Waals surface area contributed by atoms with E-state index in [1.807, 2.05) is 0 Å². The van der Waals surface area contributed by atoms with Crippen LogP contribution in [0.4, 0.5) is 0 Å². The summed E-state index contributed by atoms with van der Waals surface area (Å²) in [7, 11) is 0. The van der Waals surface area contributed by atoms with Gasteiger partial charge in [0.1, 0.15) is 0 Å². The van der Waals surface area contributed by atoms with E-state index in [-0.39, 0.29) is 6.10 Å². The average molecular weight is 156 g/mol. The standard InChI is InChI=1S/C8H12O3/c9-7(10)8-5-3-1-2-4-6(8)11-8/h6H,1-5H2,(H,9,10)/t6-,8+/m0/s1. The van der Waals surface area contributed by atoms with Gasteiger partial charge < -0.3 is 9.84 Å². The van der Waals surface area contributed by atoms with Gasteiger partial charge in [0.15, 0.2) is 5.60 Å². The molecule has 0 aromatic heterocycles. The van der Waals surface area contributed by atoms with E-state index in [0.29, 0.717) is 6.42 Å². The van der Waals surface area contributed by atoms with Crippen LogP contribution < -0.4 is 0 Å². The number of hydrogen-bond acceptors (Lipinski definition) is 2. The summed E-state index contributed by atoms with van der Waals surface area (Å²) >= 11 is 0. The van der Waals surface area contributed by atoms with E-state index >= 15 is 0 Å². The quantitative estimate of drug-likeness (QED) is 0.580. The van der Waals surface area contributed by atoms with Crippen molar-refractivity contribution in [3.8, 4) is 0 Å². The van der Waals surface area contributed by atoms with E-state index in [9.17, 15) is 4.79 Å². The molecule has 62 valence electrons. The van der Waals surface area contributed by atoms with Gasteiger partial charge in [-0.2, -0.15) is 0 Å². The number of ether oxygens (including phenoxy) is 1. The second kappa shape index (κ2) is 2.21. The molecule has 2 aliphatic rings. The smallest absolute Gasteiger partial charge is 0.338 e. The molecule has 0 spiro atoms. The Morgan fingerprint density at radius 2 is 2.27 bits per heavy atom. The molecule has 1 saturated heterocycles. The molecule has 1 saturated carbocycles. The molecular weight excluding hydrogens is 144 g/mol. The summed E-state index contributed by atoms with van der Waals surface area (Å²) in [5.74, 6) is -0.760. The molecule has 1 N–H and O–H groups in total. The van der Waals surface area contributed by atoms with Crippen LogP contribution in [0.3, 0.4) is 0 Å². The Hall–Kier alpha value is -0.570. The summed E-state index contributed by atoms with van der Waals surface area (Å²) in [6, 6.07) is 0. The Bertz CT molecular complexity index is 190. The van der Waals surface area contributed by atoms with Gasteiger partial charge in [0.05, 0.1) is 6.10 Å². The van der Waals surface area contributed by atoms with Gasteiger partial charge in [0, 0.05) is 0 Å². The number of carbonyl (C=O) groups is 1. The molecule has 3 heteroatoms. The number of carboxylic acid groups (broad SMARTS) is 1. The fourth-order valence-corrected chi connectivity index (χ4v) is 1.92. The Balaban J connectivity index is 2.10. The van der Waals surface area contributed by atoms with Gasteiger partial charge in [-0.25, -0.2) is 4.79 Å². The molecule has 2 atom stereocenters. The summed E-state index contributed by atoms with van der Waals surface area (Å²) in [6.07, 6.45) is 4.97. The Morgan fingerprint density at radius 3 is 3.00 bits per heavy atom. The maximum absolute atomic E-state index is 10.7. The molecule has 2 rings (SSSR count). The largest absolute Gasteiger partial charge is 0.479 e. The van der Waals surface area contributed by atoms with Gasteiger partial charge in [-0.3, -0.25) is 0 Å². The minimum absolute atomic E-state index is 0.0301. The van der Waals surface area contributed by atoms with Crippen molar-refractivity contribution in [3.63, 3.8) is 0 Å². The third-order valence-corrected chi connectivity index (χ3v) is 2.69. The van der Waals surface area contributed by atoms with Crippen molar-refractivity contribution >= 4 is 5.97 Å². The van der Waals surface area contributed by atoms with Gasteiger partial charge in [0.25, 0.3) is 0 Å². The van der Waals surface area contributed by atoms with Gasteiger partial charge in [-0.05, 0) is 19.3 Å². The zero-order chi connectivity index (χ0) is 7.90. The SMILES string of the molecule is O=C(O)[C@@]12CCCCC[C@@H]1O2. The maximum Gasteiger partial charge on any atom is 0.338 e. The van der Waals surface area contributed by atoms with Crippen LogP contribution in [-0.4, -0.2) is 22.8 Å². The maximum atomic E-state index is 10.7. The van der Waals surface area contributed by atoms with E-state index in [0.717, 1.165) is 25.7 Å². The van der Waals surface area contributed by atoms with E-state index in [1.165, 1.54) is 0 Å². The lowest BCUT2D eigenvalue weighted by Gasteiger charge is -2.02. The normalized spacial score (nSPS) is 42.4. The molecule has 0 unspecified atom stereocenters. The molecule has 11 heavy (non-hydrogen) atoms. The molecule has 3 nitrogen and oxygen atoms in total. The second-order valence-electron chi connectivity index (χ2n) is 3.40. The van der Waals surface area contributed by atoms with Crippen molar-refractivity contribution in [1.82, 2.24) is 0 Å². The van der Waals surface area contributed by atoms with Crippen LogP contribution >= 0.6 is 0 Å². The van der Waals surface area contributed by atoms with Crippen molar-refractivity contribution in [2.24, 2.45) is 0 Å². The molecule has 0 aromatic rings. The van der Waals surface area contributed by atoms with E-state index < -0.39 is 11.6 Å². The first-order chi connectivity index (χ1) is 5.26. The van der Waals surface area contributed by atoms with Crippen LogP contribution in [-0.2, 0) is 9.53 Å². The number of fused-ring (bicyclic) bond motifs is 1. The summed E-state index contributed by atoms with van der Waals surface area (Å²) < 4.78 is 5.21. The summed E-state index contributed by atoms with van der Waals surface area (Å²) in [6.45, 7) is 0. The van der Waals surface area contributed by atoms with Crippen LogP contribution in [0.25, 0.3) is 0 Å².